The molecule has 0 radical (unpaired) electrons. The van der Waals surface area contributed by atoms with Crippen LogP contribution in [0.5, 0.6) is 0 Å². The van der Waals surface area contributed by atoms with Crippen LogP contribution in [0, 0.1) is 0 Å². The number of amides is 1. The Balaban J connectivity index is 1.53. The van der Waals surface area contributed by atoms with Gasteiger partial charge in [-0.2, -0.15) is 13.2 Å². The fourth-order valence-electron chi connectivity index (χ4n) is 3.21. The highest BCUT2D eigenvalue weighted by Crippen LogP contribution is 2.33. The second-order valence-electron chi connectivity index (χ2n) is 7.14. The fraction of sp³-hybridized carbons (Fsp3) is 0.136. The molecule has 2 aromatic heterocycles. The Hall–Kier alpha value is -3.30. The maximum Gasteiger partial charge on any atom is 0.416 e. The molecule has 4 aromatic rings. The molecule has 0 saturated carbocycles. The number of fused-ring (bicyclic) bond motifs is 1. The topological polar surface area (TPSA) is 71.8 Å². The lowest BCUT2D eigenvalue weighted by Gasteiger charge is -2.09. The Labute approximate surface area is 196 Å². The molecule has 0 aliphatic carbocycles. The number of hydrogen-bond acceptors (Lipinski definition) is 4. The number of benzene rings is 2. The molecule has 170 valence electrons. The van der Waals surface area contributed by atoms with Gasteiger partial charge in [-0.05, 0) is 42.5 Å². The Kier molecular flexibility index (Phi) is 6.18. The highest BCUT2D eigenvalue weighted by Gasteiger charge is 2.30. The Morgan fingerprint density at radius 2 is 1.82 bits per heavy atom. The SMILES string of the molecule is Cn1c(Nc2c(Cl)cccc2Cl)nc2cc(C(=O)NCc3cc(C(F)(F)F)ccn3)ccc21. The van der Waals surface area contributed by atoms with E-state index < -0.39 is 17.6 Å². The van der Waals surface area contributed by atoms with Crippen molar-refractivity contribution < 1.29 is 18.0 Å². The maximum atomic E-state index is 12.9. The zero-order chi connectivity index (χ0) is 23.8. The van der Waals surface area contributed by atoms with Crippen molar-refractivity contribution in [2.24, 2.45) is 7.05 Å². The highest BCUT2D eigenvalue weighted by atomic mass is 35.5. The quantitative estimate of drug-likeness (QED) is 0.359. The molecule has 2 aromatic carbocycles. The third kappa shape index (κ3) is 4.89. The van der Waals surface area contributed by atoms with Crippen molar-refractivity contribution in [3.63, 3.8) is 0 Å². The number of carbonyl (C=O) groups excluding carboxylic acids is 1. The lowest BCUT2D eigenvalue weighted by atomic mass is 10.2. The molecular formula is C22H16Cl2F3N5O. The van der Waals surface area contributed by atoms with E-state index in [1.807, 2.05) is 0 Å². The summed E-state index contributed by atoms with van der Waals surface area (Å²) in [5.41, 5.74) is 1.36. The van der Waals surface area contributed by atoms with Crippen LogP contribution in [0.4, 0.5) is 24.8 Å². The molecule has 11 heteroatoms. The number of aromatic nitrogens is 3. The van der Waals surface area contributed by atoms with Crippen molar-refractivity contribution in [1.82, 2.24) is 19.9 Å². The number of imidazole rings is 1. The molecule has 2 heterocycles. The molecule has 0 unspecified atom stereocenters. The minimum atomic E-state index is -4.48. The summed E-state index contributed by atoms with van der Waals surface area (Å²) >= 11 is 12.4. The summed E-state index contributed by atoms with van der Waals surface area (Å²) in [6.07, 6.45) is -3.42. The predicted molar refractivity (Wildman–Crippen MR) is 121 cm³/mol. The van der Waals surface area contributed by atoms with Crippen LogP contribution in [0.3, 0.4) is 0 Å². The van der Waals surface area contributed by atoms with Gasteiger partial charge in [0.1, 0.15) is 0 Å². The molecular weight excluding hydrogens is 478 g/mol. The van der Waals surface area contributed by atoms with Crippen molar-refractivity contribution in [3.05, 3.63) is 81.6 Å². The van der Waals surface area contributed by atoms with Crippen LogP contribution in [-0.4, -0.2) is 20.4 Å². The van der Waals surface area contributed by atoms with Gasteiger partial charge in [0.25, 0.3) is 5.91 Å². The van der Waals surface area contributed by atoms with Crippen molar-refractivity contribution in [2.75, 3.05) is 5.32 Å². The van der Waals surface area contributed by atoms with Crippen molar-refractivity contribution >= 4 is 51.8 Å². The standard InChI is InChI=1S/C22H16Cl2F3N5O/c1-32-18-6-5-12(20(33)29-11-14-10-13(7-8-28-14)22(25,26)27)9-17(18)30-21(32)31-19-15(23)3-2-4-16(19)24/h2-10H,11H2,1H3,(H,29,33)(H,30,31). The summed E-state index contributed by atoms with van der Waals surface area (Å²) in [4.78, 5) is 21.0. The van der Waals surface area contributed by atoms with Crippen LogP contribution in [0.1, 0.15) is 21.6 Å². The second-order valence-corrected chi connectivity index (χ2v) is 7.95. The zero-order valence-corrected chi connectivity index (χ0v) is 18.6. The highest BCUT2D eigenvalue weighted by molar-refractivity contribution is 6.39. The van der Waals surface area contributed by atoms with Crippen LogP contribution >= 0.6 is 23.2 Å². The van der Waals surface area contributed by atoms with E-state index in [0.717, 1.165) is 23.8 Å². The largest absolute Gasteiger partial charge is 0.416 e. The average molecular weight is 494 g/mol. The lowest BCUT2D eigenvalue weighted by molar-refractivity contribution is -0.137. The number of carbonyl (C=O) groups is 1. The van der Waals surface area contributed by atoms with Gasteiger partial charge in [-0.3, -0.25) is 9.78 Å². The molecule has 0 fully saturated rings. The van der Waals surface area contributed by atoms with Crippen LogP contribution < -0.4 is 10.6 Å². The fourth-order valence-corrected chi connectivity index (χ4v) is 3.70. The Morgan fingerprint density at radius 3 is 2.52 bits per heavy atom. The van der Waals surface area contributed by atoms with Crippen molar-refractivity contribution in [1.29, 1.82) is 0 Å². The first kappa shape index (κ1) is 22.9. The molecule has 0 spiro atoms. The smallest absolute Gasteiger partial charge is 0.346 e. The molecule has 0 atom stereocenters. The number of aryl methyl sites for hydroxylation is 1. The number of rotatable bonds is 5. The monoisotopic (exact) mass is 493 g/mol. The molecule has 1 amide bonds. The number of para-hydroxylation sites is 1. The van der Waals surface area contributed by atoms with Crippen LogP contribution in [0.15, 0.2) is 54.7 Å². The normalized spacial score (nSPS) is 11.6. The number of halogens is 5. The van der Waals surface area contributed by atoms with E-state index in [1.165, 1.54) is 0 Å². The lowest BCUT2D eigenvalue weighted by Crippen LogP contribution is -2.23. The first-order valence-corrected chi connectivity index (χ1v) is 10.4. The molecule has 0 bridgehead atoms. The molecule has 33 heavy (non-hydrogen) atoms. The third-order valence-corrected chi connectivity index (χ3v) is 5.55. The van der Waals surface area contributed by atoms with Crippen molar-refractivity contribution in [3.8, 4) is 0 Å². The summed E-state index contributed by atoms with van der Waals surface area (Å²) in [5, 5.41) is 6.54. The first-order valence-electron chi connectivity index (χ1n) is 9.61. The Bertz CT molecular complexity index is 1330. The molecule has 6 nitrogen and oxygen atoms in total. The zero-order valence-electron chi connectivity index (χ0n) is 17.0. The number of alkyl halides is 3. The van der Waals surface area contributed by atoms with Gasteiger partial charge in [-0.15, -0.1) is 0 Å². The van der Waals surface area contributed by atoms with Gasteiger partial charge in [0.2, 0.25) is 5.95 Å². The molecule has 0 aliphatic rings. The molecule has 0 saturated heterocycles. The summed E-state index contributed by atoms with van der Waals surface area (Å²) < 4.78 is 40.3. The summed E-state index contributed by atoms with van der Waals surface area (Å²) in [5.74, 6) is -0.00357. The number of pyridine rings is 1. The van der Waals surface area contributed by atoms with Crippen LogP contribution in [-0.2, 0) is 19.8 Å². The van der Waals surface area contributed by atoms with E-state index in [-0.39, 0.29) is 12.2 Å². The number of nitrogens with zero attached hydrogens (tertiary/aromatic N) is 3. The Morgan fingerprint density at radius 1 is 1.09 bits per heavy atom. The minimum absolute atomic E-state index is 0.0974. The van der Waals surface area contributed by atoms with Gasteiger partial charge in [0.05, 0.1) is 44.6 Å². The van der Waals surface area contributed by atoms with E-state index in [4.69, 9.17) is 23.2 Å². The van der Waals surface area contributed by atoms with Gasteiger partial charge in [-0.1, -0.05) is 29.3 Å². The van der Waals surface area contributed by atoms with Gasteiger partial charge < -0.3 is 15.2 Å². The predicted octanol–water partition coefficient (Wildman–Crippen LogP) is 5.97. The molecule has 0 aliphatic heterocycles. The van der Waals surface area contributed by atoms with Gasteiger partial charge in [0, 0.05) is 18.8 Å². The van der Waals surface area contributed by atoms with E-state index in [9.17, 15) is 18.0 Å². The summed E-state index contributed by atoms with van der Waals surface area (Å²) in [6, 6.07) is 11.8. The van der Waals surface area contributed by atoms with Gasteiger partial charge in [-0.25, -0.2) is 4.98 Å². The summed E-state index contributed by atoms with van der Waals surface area (Å²) in [6.45, 7) is -0.152. The summed E-state index contributed by atoms with van der Waals surface area (Å²) in [7, 11) is 1.79. The maximum absolute atomic E-state index is 12.9. The van der Waals surface area contributed by atoms with E-state index >= 15 is 0 Å². The average Bonchev–Trinajstić information content (AvgIpc) is 3.09. The first-order chi connectivity index (χ1) is 15.6. The molecule has 2 N–H and O–H groups in total. The number of nitrogens with one attached hydrogen (secondary N) is 2. The number of anilines is 2. The van der Waals surface area contributed by atoms with Crippen LogP contribution in [0.2, 0.25) is 10.0 Å². The van der Waals surface area contributed by atoms with E-state index in [0.29, 0.717) is 32.8 Å². The van der Waals surface area contributed by atoms with E-state index in [2.05, 4.69) is 20.6 Å². The van der Waals surface area contributed by atoms with Crippen molar-refractivity contribution in [2.45, 2.75) is 12.7 Å². The minimum Gasteiger partial charge on any atom is -0.346 e. The van der Waals surface area contributed by atoms with Gasteiger partial charge in [0.15, 0.2) is 0 Å². The van der Waals surface area contributed by atoms with E-state index in [1.54, 1.807) is 48.0 Å². The second kappa shape index (κ2) is 8.92. The molecule has 4 rings (SSSR count). The van der Waals surface area contributed by atoms with Gasteiger partial charge >= 0.3 is 6.18 Å². The van der Waals surface area contributed by atoms with Crippen LogP contribution in [0.25, 0.3) is 11.0 Å². The number of hydrogen-bond donors (Lipinski definition) is 2. The third-order valence-electron chi connectivity index (χ3n) is 4.92.